The van der Waals surface area contributed by atoms with Gasteiger partial charge in [-0.3, -0.25) is 9.59 Å². The van der Waals surface area contributed by atoms with E-state index in [-0.39, 0.29) is 29.4 Å². The molecule has 0 bridgehead atoms. The highest BCUT2D eigenvalue weighted by Gasteiger charge is 2.25. The lowest BCUT2D eigenvalue weighted by Crippen LogP contribution is -2.47. The number of piperidine rings is 1. The zero-order valence-electron chi connectivity index (χ0n) is 15.0. The Bertz CT molecular complexity index is 1010. The number of amides is 2. The first-order valence-corrected chi connectivity index (χ1v) is 10.0. The first-order valence-electron chi connectivity index (χ1n) is 9.06. The van der Waals surface area contributed by atoms with Crippen LogP contribution in [0.15, 0.2) is 57.8 Å². The largest absolute Gasteiger partial charge is 0.451 e. The Morgan fingerprint density at radius 2 is 2.00 bits per heavy atom. The smallest absolute Gasteiger partial charge is 0.287 e. The van der Waals surface area contributed by atoms with Crippen molar-refractivity contribution >= 4 is 34.5 Å². The van der Waals surface area contributed by atoms with Gasteiger partial charge in [-0.15, -0.1) is 11.8 Å². The van der Waals surface area contributed by atoms with Crippen molar-refractivity contribution in [2.75, 3.05) is 6.54 Å². The van der Waals surface area contributed by atoms with Gasteiger partial charge < -0.3 is 15.1 Å². The minimum absolute atomic E-state index is 0.00521. The molecule has 1 saturated heterocycles. The van der Waals surface area contributed by atoms with Crippen molar-refractivity contribution in [3.05, 3.63) is 65.7 Å². The molecule has 0 saturated carbocycles. The summed E-state index contributed by atoms with van der Waals surface area (Å²) >= 11 is 1.52. The Hall–Kier alpha value is -2.80. The Labute approximate surface area is 165 Å². The van der Waals surface area contributed by atoms with E-state index in [0.717, 1.165) is 15.8 Å². The van der Waals surface area contributed by atoms with Crippen LogP contribution in [0.4, 0.5) is 4.39 Å². The van der Waals surface area contributed by atoms with Gasteiger partial charge in [0, 0.05) is 40.6 Å². The second-order valence-corrected chi connectivity index (χ2v) is 7.71. The summed E-state index contributed by atoms with van der Waals surface area (Å²) in [7, 11) is 0. The number of nitrogens with one attached hydrogen (secondary N) is 2. The zero-order valence-corrected chi connectivity index (χ0v) is 15.9. The predicted molar refractivity (Wildman–Crippen MR) is 106 cm³/mol. The van der Waals surface area contributed by atoms with Crippen molar-refractivity contribution in [2.45, 2.75) is 29.5 Å². The zero-order chi connectivity index (χ0) is 19.5. The monoisotopic (exact) mass is 398 g/mol. The fourth-order valence-corrected chi connectivity index (χ4v) is 4.14. The van der Waals surface area contributed by atoms with E-state index in [4.69, 9.17) is 4.42 Å². The van der Waals surface area contributed by atoms with Crippen LogP contribution in [0.3, 0.4) is 0 Å². The predicted octanol–water partition coefficient (Wildman–Crippen LogP) is 3.87. The number of carbonyl (C=O) groups excluding carboxylic acids is 2. The van der Waals surface area contributed by atoms with Crippen LogP contribution in [0.5, 0.6) is 0 Å². The molecule has 2 aromatic carbocycles. The average molecular weight is 398 g/mol. The number of rotatable bonds is 5. The SMILES string of the molecule is O=C1CC[C@H](NC(=O)c2oc3ccccc3c2CSc2ccc(F)cc2)CN1. The minimum Gasteiger partial charge on any atom is -0.451 e. The summed E-state index contributed by atoms with van der Waals surface area (Å²) < 4.78 is 19.0. The Kier molecular flexibility index (Phi) is 5.34. The van der Waals surface area contributed by atoms with Crippen molar-refractivity contribution < 1.29 is 18.4 Å². The second kappa shape index (κ2) is 8.06. The van der Waals surface area contributed by atoms with E-state index in [1.54, 1.807) is 12.1 Å². The lowest BCUT2D eigenvalue weighted by atomic mass is 10.1. The number of benzene rings is 2. The summed E-state index contributed by atoms with van der Waals surface area (Å²) in [6.45, 7) is 0.421. The maximum Gasteiger partial charge on any atom is 0.287 e. The molecule has 0 unspecified atom stereocenters. The van der Waals surface area contributed by atoms with E-state index in [9.17, 15) is 14.0 Å². The van der Waals surface area contributed by atoms with Gasteiger partial charge in [-0.1, -0.05) is 18.2 Å². The fraction of sp³-hybridized carbons (Fsp3) is 0.238. The van der Waals surface area contributed by atoms with Gasteiger partial charge in [-0.2, -0.15) is 0 Å². The molecule has 1 atom stereocenters. The molecule has 1 aliphatic heterocycles. The number of halogens is 1. The van der Waals surface area contributed by atoms with Gasteiger partial charge in [0.25, 0.3) is 5.91 Å². The molecule has 2 N–H and O–H groups in total. The van der Waals surface area contributed by atoms with Crippen LogP contribution in [0.25, 0.3) is 11.0 Å². The van der Waals surface area contributed by atoms with Crippen molar-refractivity contribution in [1.29, 1.82) is 0 Å². The Balaban J connectivity index is 1.56. The van der Waals surface area contributed by atoms with Crippen LogP contribution in [0, 0.1) is 5.82 Å². The van der Waals surface area contributed by atoms with E-state index >= 15 is 0 Å². The normalized spacial score (nSPS) is 16.8. The van der Waals surface area contributed by atoms with Crippen LogP contribution < -0.4 is 10.6 Å². The summed E-state index contributed by atoms with van der Waals surface area (Å²) in [5, 5.41) is 6.61. The lowest BCUT2D eigenvalue weighted by Gasteiger charge is -2.23. The summed E-state index contributed by atoms with van der Waals surface area (Å²) in [4.78, 5) is 25.1. The number of carbonyl (C=O) groups is 2. The van der Waals surface area contributed by atoms with Crippen LogP contribution in [0.2, 0.25) is 0 Å². The number of hydrogen-bond donors (Lipinski definition) is 2. The van der Waals surface area contributed by atoms with Gasteiger partial charge in [0.05, 0.1) is 0 Å². The van der Waals surface area contributed by atoms with E-state index in [1.165, 1.54) is 23.9 Å². The molecule has 4 rings (SSSR count). The highest BCUT2D eigenvalue weighted by molar-refractivity contribution is 7.98. The van der Waals surface area contributed by atoms with Crippen molar-refractivity contribution in [2.24, 2.45) is 0 Å². The third kappa shape index (κ3) is 4.04. The third-order valence-corrected chi connectivity index (χ3v) is 5.74. The van der Waals surface area contributed by atoms with Gasteiger partial charge in [-0.25, -0.2) is 4.39 Å². The maximum atomic E-state index is 13.1. The number of fused-ring (bicyclic) bond motifs is 1. The van der Waals surface area contributed by atoms with Crippen LogP contribution >= 0.6 is 11.8 Å². The molecule has 2 heterocycles. The Morgan fingerprint density at radius 3 is 2.75 bits per heavy atom. The number of hydrogen-bond acceptors (Lipinski definition) is 4. The quantitative estimate of drug-likeness (QED) is 0.640. The molecule has 7 heteroatoms. The summed E-state index contributed by atoms with van der Waals surface area (Å²) in [5.41, 5.74) is 1.46. The molecule has 0 spiro atoms. The van der Waals surface area contributed by atoms with Gasteiger partial charge in [0.1, 0.15) is 11.4 Å². The third-order valence-electron chi connectivity index (χ3n) is 4.70. The molecule has 2 amide bonds. The van der Waals surface area contributed by atoms with Crippen LogP contribution in [-0.4, -0.2) is 24.4 Å². The van der Waals surface area contributed by atoms with E-state index < -0.39 is 0 Å². The van der Waals surface area contributed by atoms with Gasteiger partial charge >= 0.3 is 0 Å². The van der Waals surface area contributed by atoms with Crippen molar-refractivity contribution in [3.63, 3.8) is 0 Å². The molecule has 3 aromatic rings. The molecule has 28 heavy (non-hydrogen) atoms. The molecule has 0 aliphatic carbocycles. The van der Waals surface area contributed by atoms with Gasteiger partial charge in [0.15, 0.2) is 5.76 Å². The Morgan fingerprint density at radius 1 is 1.21 bits per heavy atom. The molecule has 5 nitrogen and oxygen atoms in total. The van der Waals surface area contributed by atoms with Crippen LogP contribution in [-0.2, 0) is 10.5 Å². The number of para-hydroxylation sites is 1. The second-order valence-electron chi connectivity index (χ2n) is 6.66. The van der Waals surface area contributed by atoms with Gasteiger partial charge in [0.2, 0.25) is 5.91 Å². The minimum atomic E-state index is -0.285. The maximum absolute atomic E-state index is 13.1. The molecule has 0 radical (unpaired) electrons. The summed E-state index contributed by atoms with van der Waals surface area (Å²) in [6.07, 6.45) is 1.01. The molecule has 1 aliphatic rings. The number of furan rings is 1. The lowest BCUT2D eigenvalue weighted by molar-refractivity contribution is -0.122. The van der Waals surface area contributed by atoms with E-state index in [2.05, 4.69) is 10.6 Å². The van der Waals surface area contributed by atoms with Crippen molar-refractivity contribution in [1.82, 2.24) is 10.6 Å². The van der Waals surface area contributed by atoms with Crippen molar-refractivity contribution in [3.8, 4) is 0 Å². The molecule has 144 valence electrons. The fourth-order valence-electron chi connectivity index (χ4n) is 3.22. The molecule has 1 fully saturated rings. The first kappa shape index (κ1) is 18.6. The molecule has 1 aromatic heterocycles. The highest BCUT2D eigenvalue weighted by Crippen LogP contribution is 2.32. The molecular weight excluding hydrogens is 379 g/mol. The van der Waals surface area contributed by atoms with Gasteiger partial charge in [-0.05, 0) is 36.8 Å². The van der Waals surface area contributed by atoms with Crippen LogP contribution in [0.1, 0.15) is 29.0 Å². The van der Waals surface area contributed by atoms with E-state index in [1.807, 2.05) is 24.3 Å². The number of thioether (sulfide) groups is 1. The summed E-state index contributed by atoms with van der Waals surface area (Å²) in [6, 6.07) is 13.7. The highest BCUT2D eigenvalue weighted by atomic mass is 32.2. The topological polar surface area (TPSA) is 71.3 Å². The summed E-state index contributed by atoms with van der Waals surface area (Å²) in [5.74, 6) is 0.246. The standard InChI is InChI=1S/C21H19FN2O3S/c22-13-5-8-15(9-6-13)28-12-17-16-3-1-2-4-18(16)27-20(17)21(26)24-14-7-10-19(25)23-11-14/h1-6,8-9,14H,7,10-12H2,(H,23,25)(H,24,26)/t14-/m0/s1. The van der Waals surface area contributed by atoms with E-state index in [0.29, 0.717) is 30.7 Å². The molecular formula is C21H19FN2O3S. The first-order chi connectivity index (χ1) is 13.6. The average Bonchev–Trinajstić information content (AvgIpc) is 3.08.